The number of hydrogen-bond donors (Lipinski definition) is 0. The van der Waals surface area contributed by atoms with Gasteiger partial charge in [-0.3, -0.25) is 9.59 Å². The van der Waals surface area contributed by atoms with Gasteiger partial charge in [-0.25, -0.2) is 4.90 Å². The third kappa shape index (κ3) is 3.78. The summed E-state index contributed by atoms with van der Waals surface area (Å²) in [6, 6.07) is 14.7. The Morgan fingerprint density at radius 1 is 1.00 bits per heavy atom. The number of hydrogen-bond acceptors (Lipinski definition) is 5. The van der Waals surface area contributed by atoms with Crippen molar-refractivity contribution in [3.05, 3.63) is 59.0 Å². The summed E-state index contributed by atoms with van der Waals surface area (Å²) in [6.45, 7) is 4.02. The zero-order valence-corrected chi connectivity index (χ0v) is 17.5. The number of imide groups is 1. The van der Waals surface area contributed by atoms with Gasteiger partial charge in [-0.2, -0.15) is 0 Å². The zero-order chi connectivity index (χ0) is 20.4. The molecule has 0 aliphatic carbocycles. The number of thioether (sulfide) groups is 1. The van der Waals surface area contributed by atoms with Crippen LogP contribution in [-0.2, 0) is 9.59 Å². The Hall–Kier alpha value is -2.73. The van der Waals surface area contributed by atoms with E-state index in [2.05, 4.69) is 0 Å². The molecular weight excluding hydrogens is 372 g/mol. The lowest BCUT2D eigenvalue weighted by molar-refractivity contribution is -0.119. The zero-order valence-electron chi connectivity index (χ0n) is 16.7. The highest BCUT2D eigenvalue weighted by Gasteiger charge is 2.40. The van der Waals surface area contributed by atoms with E-state index in [-0.39, 0.29) is 17.1 Å². The number of rotatable bonds is 6. The van der Waals surface area contributed by atoms with Gasteiger partial charge in [0.1, 0.15) is 5.75 Å². The van der Waals surface area contributed by atoms with Crippen LogP contribution in [0.1, 0.15) is 19.4 Å². The molecule has 28 heavy (non-hydrogen) atoms. The van der Waals surface area contributed by atoms with E-state index in [1.807, 2.05) is 63.2 Å². The predicted molar refractivity (Wildman–Crippen MR) is 116 cm³/mol. The molecule has 2 aromatic rings. The number of carbonyl (C=O) groups excluding carboxylic acids is 2. The first-order valence-corrected chi connectivity index (χ1v) is 9.93. The molecule has 0 aromatic heterocycles. The summed E-state index contributed by atoms with van der Waals surface area (Å²) < 4.78 is 5.21. The van der Waals surface area contributed by atoms with E-state index in [0.29, 0.717) is 27.5 Å². The van der Waals surface area contributed by atoms with Gasteiger partial charge in [-0.15, -0.1) is 11.8 Å². The Bertz CT molecular complexity index is 933. The van der Waals surface area contributed by atoms with E-state index >= 15 is 0 Å². The molecule has 0 atom stereocenters. The summed E-state index contributed by atoms with van der Waals surface area (Å²) in [6.07, 6.45) is 0. The molecule has 0 N–H and O–H groups in total. The van der Waals surface area contributed by atoms with Crippen molar-refractivity contribution in [2.45, 2.75) is 19.1 Å². The highest BCUT2D eigenvalue weighted by molar-refractivity contribution is 8.04. The van der Waals surface area contributed by atoms with Crippen molar-refractivity contribution in [1.29, 1.82) is 0 Å². The van der Waals surface area contributed by atoms with Crippen molar-refractivity contribution in [3.8, 4) is 5.75 Å². The van der Waals surface area contributed by atoms with E-state index in [1.54, 1.807) is 25.3 Å². The van der Waals surface area contributed by atoms with E-state index < -0.39 is 0 Å². The van der Waals surface area contributed by atoms with Crippen LogP contribution in [0.15, 0.2) is 53.4 Å². The van der Waals surface area contributed by atoms with Crippen LogP contribution in [0.5, 0.6) is 5.75 Å². The average molecular weight is 397 g/mol. The summed E-state index contributed by atoms with van der Waals surface area (Å²) in [4.78, 5) is 30.3. The average Bonchev–Trinajstić information content (AvgIpc) is 2.91. The molecule has 6 heteroatoms. The van der Waals surface area contributed by atoms with Gasteiger partial charge in [-0.05, 0) is 35.9 Å². The van der Waals surface area contributed by atoms with E-state index in [1.165, 1.54) is 16.7 Å². The minimum absolute atomic E-state index is 0.174. The molecule has 3 rings (SSSR count). The fourth-order valence-electron chi connectivity index (χ4n) is 3.01. The van der Waals surface area contributed by atoms with Gasteiger partial charge < -0.3 is 9.64 Å². The summed E-state index contributed by atoms with van der Waals surface area (Å²) in [7, 11) is 5.44. The Balaban J connectivity index is 2.07. The van der Waals surface area contributed by atoms with Crippen molar-refractivity contribution in [1.82, 2.24) is 0 Å². The Kier molecular flexibility index (Phi) is 5.79. The van der Waals surface area contributed by atoms with Gasteiger partial charge in [0, 0.05) is 25.0 Å². The SMILES string of the molecule is COc1ccc(C2=C(SC(C)C)C(=O)N(c3cccc(N(C)C)c3)C2=O)cc1. The topological polar surface area (TPSA) is 49.9 Å². The minimum atomic E-state index is -0.297. The maximum absolute atomic E-state index is 13.3. The lowest BCUT2D eigenvalue weighted by Crippen LogP contribution is -2.31. The number of amides is 2. The molecule has 0 bridgehead atoms. The van der Waals surface area contributed by atoms with Crippen LogP contribution in [0.2, 0.25) is 0 Å². The van der Waals surface area contributed by atoms with Crippen LogP contribution in [0.25, 0.3) is 5.57 Å². The van der Waals surface area contributed by atoms with Gasteiger partial charge in [0.05, 0.1) is 23.3 Å². The molecule has 0 saturated heterocycles. The fraction of sp³-hybridized carbons (Fsp3) is 0.273. The predicted octanol–water partition coefficient (Wildman–Crippen LogP) is 4.19. The Morgan fingerprint density at radius 2 is 1.68 bits per heavy atom. The standard InChI is InChI=1S/C22H24N2O3S/c1-14(2)28-20-19(15-9-11-18(27-5)12-10-15)21(25)24(22(20)26)17-8-6-7-16(13-17)23(3)4/h6-14H,1-5H3. The molecule has 2 aromatic carbocycles. The summed E-state index contributed by atoms with van der Waals surface area (Å²) in [5.74, 6) is 0.134. The van der Waals surface area contributed by atoms with E-state index in [9.17, 15) is 9.59 Å². The third-order valence-corrected chi connectivity index (χ3v) is 5.46. The quantitative estimate of drug-likeness (QED) is 0.686. The number of carbonyl (C=O) groups is 2. The van der Waals surface area contributed by atoms with Crippen LogP contribution < -0.4 is 14.5 Å². The summed E-state index contributed by atoms with van der Waals surface area (Å²) in [5, 5.41) is 0.174. The number of benzene rings is 2. The smallest absolute Gasteiger partial charge is 0.272 e. The van der Waals surface area contributed by atoms with Crippen molar-refractivity contribution in [2.75, 3.05) is 31.0 Å². The molecule has 0 radical (unpaired) electrons. The molecule has 0 unspecified atom stereocenters. The largest absolute Gasteiger partial charge is 0.497 e. The van der Waals surface area contributed by atoms with Crippen molar-refractivity contribution >= 4 is 40.5 Å². The number of methoxy groups -OCH3 is 1. The van der Waals surface area contributed by atoms with Crippen LogP contribution in [0.3, 0.4) is 0 Å². The van der Waals surface area contributed by atoms with Crippen LogP contribution in [0.4, 0.5) is 11.4 Å². The lowest BCUT2D eigenvalue weighted by atomic mass is 10.1. The number of nitrogens with zero attached hydrogens (tertiary/aromatic N) is 2. The normalized spacial score (nSPS) is 14.3. The molecule has 0 spiro atoms. The first-order valence-electron chi connectivity index (χ1n) is 9.05. The van der Waals surface area contributed by atoms with Gasteiger partial charge >= 0.3 is 0 Å². The Morgan fingerprint density at radius 3 is 2.25 bits per heavy atom. The highest BCUT2D eigenvalue weighted by Crippen LogP contribution is 2.40. The molecule has 1 heterocycles. The van der Waals surface area contributed by atoms with E-state index in [0.717, 1.165) is 5.69 Å². The molecular formula is C22H24N2O3S. The molecule has 1 aliphatic heterocycles. The molecule has 5 nitrogen and oxygen atoms in total. The molecule has 0 fully saturated rings. The van der Waals surface area contributed by atoms with Gasteiger partial charge in [-0.1, -0.05) is 32.0 Å². The van der Waals surface area contributed by atoms with Gasteiger partial charge in [0.2, 0.25) is 0 Å². The van der Waals surface area contributed by atoms with Gasteiger partial charge in [0.25, 0.3) is 11.8 Å². The highest BCUT2D eigenvalue weighted by atomic mass is 32.2. The van der Waals surface area contributed by atoms with Crippen molar-refractivity contribution in [2.24, 2.45) is 0 Å². The van der Waals surface area contributed by atoms with Gasteiger partial charge in [0.15, 0.2) is 0 Å². The number of ether oxygens (including phenoxy) is 1. The fourth-order valence-corrected chi connectivity index (χ4v) is 4.00. The molecule has 1 aliphatic rings. The monoisotopic (exact) mass is 396 g/mol. The molecule has 0 saturated carbocycles. The second kappa shape index (κ2) is 8.10. The van der Waals surface area contributed by atoms with Crippen molar-refractivity contribution < 1.29 is 14.3 Å². The summed E-state index contributed by atoms with van der Waals surface area (Å²) in [5.41, 5.74) is 2.66. The minimum Gasteiger partial charge on any atom is -0.497 e. The lowest BCUT2D eigenvalue weighted by Gasteiger charge is -2.19. The van der Waals surface area contributed by atoms with Crippen LogP contribution in [-0.4, -0.2) is 38.3 Å². The first kappa shape index (κ1) is 20.0. The summed E-state index contributed by atoms with van der Waals surface area (Å²) >= 11 is 1.42. The second-order valence-electron chi connectivity index (χ2n) is 6.96. The number of anilines is 2. The van der Waals surface area contributed by atoms with Crippen LogP contribution >= 0.6 is 11.8 Å². The maximum atomic E-state index is 13.3. The first-order chi connectivity index (χ1) is 13.3. The van der Waals surface area contributed by atoms with Crippen LogP contribution in [0, 0.1) is 0 Å². The van der Waals surface area contributed by atoms with E-state index in [4.69, 9.17) is 4.74 Å². The van der Waals surface area contributed by atoms with Crippen molar-refractivity contribution in [3.63, 3.8) is 0 Å². The molecule has 146 valence electrons. The second-order valence-corrected chi connectivity index (χ2v) is 8.55. The Labute approximate surface area is 170 Å². The maximum Gasteiger partial charge on any atom is 0.272 e. The molecule has 2 amide bonds. The third-order valence-electron chi connectivity index (χ3n) is 4.38.